The number of nitrogens with one attached hydrogen (secondary N) is 2. The van der Waals surface area contributed by atoms with Crippen molar-refractivity contribution in [3.8, 4) is 5.75 Å². The van der Waals surface area contributed by atoms with Crippen LogP contribution in [-0.2, 0) is 6.18 Å². The van der Waals surface area contributed by atoms with Crippen molar-refractivity contribution in [1.29, 1.82) is 0 Å². The van der Waals surface area contributed by atoms with Gasteiger partial charge in [-0.1, -0.05) is 11.6 Å². The summed E-state index contributed by atoms with van der Waals surface area (Å²) < 4.78 is 38.4. The SMILES string of the molecule is O=C(NNC(=O)c1cccnc1C(F)(F)F)c1cc(Cl)ccc1O. The van der Waals surface area contributed by atoms with Gasteiger partial charge in [0.1, 0.15) is 5.75 Å². The average Bonchev–Trinajstić information content (AvgIpc) is 2.53. The summed E-state index contributed by atoms with van der Waals surface area (Å²) in [5.41, 5.74) is 1.31. The smallest absolute Gasteiger partial charge is 0.434 e. The van der Waals surface area contributed by atoms with Crippen molar-refractivity contribution in [2.75, 3.05) is 0 Å². The van der Waals surface area contributed by atoms with Crippen LogP contribution in [0.5, 0.6) is 5.75 Å². The zero-order chi connectivity index (χ0) is 17.9. The predicted molar refractivity (Wildman–Crippen MR) is 77.3 cm³/mol. The van der Waals surface area contributed by atoms with Crippen molar-refractivity contribution >= 4 is 23.4 Å². The summed E-state index contributed by atoms with van der Waals surface area (Å²) in [6.07, 6.45) is -3.94. The molecule has 1 aromatic heterocycles. The number of aromatic nitrogens is 1. The highest BCUT2D eigenvalue weighted by atomic mass is 35.5. The van der Waals surface area contributed by atoms with Crippen LogP contribution < -0.4 is 10.9 Å². The number of hydrogen-bond donors (Lipinski definition) is 3. The number of hydrazine groups is 1. The molecule has 1 aromatic carbocycles. The molecule has 0 radical (unpaired) electrons. The van der Waals surface area contributed by atoms with Gasteiger partial charge in [-0.3, -0.25) is 25.4 Å². The second kappa shape index (κ2) is 6.75. The van der Waals surface area contributed by atoms with Gasteiger partial charge in [0.05, 0.1) is 11.1 Å². The zero-order valence-corrected chi connectivity index (χ0v) is 12.4. The van der Waals surface area contributed by atoms with Crippen molar-refractivity contribution in [3.05, 3.63) is 58.4 Å². The van der Waals surface area contributed by atoms with Crippen LogP contribution in [0.1, 0.15) is 26.4 Å². The molecule has 1 heterocycles. The molecular weight excluding hydrogens is 351 g/mol. The average molecular weight is 360 g/mol. The van der Waals surface area contributed by atoms with Gasteiger partial charge >= 0.3 is 6.18 Å². The van der Waals surface area contributed by atoms with Gasteiger partial charge in [0.15, 0.2) is 5.69 Å². The van der Waals surface area contributed by atoms with Crippen molar-refractivity contribution in [3.63, 3.8) is 0 Å². The lowest BCUT2D eigenvalue weighted by Crippen LogP contribution is -2.42. The van der Waals surface area contributed by atoms with Crippen LogP contribution in [0, 0.1) is 0 Å². The zero-order valence-electron chi connectivity index (χ0n) is 11.7. The number of benzene rings is 1. The van der Waals surface area contributed by atoms with Crippen LogP contribution in [0.2, 0.25) is 5.02 Å². The Kier molecular flexibility index (Phi) is 4.93. The lowest BCUT2D eigenvalue weighted by atomic mass is 10.1. The first-order chi connectivity index (χ1) is 11.2. The number of rotatable bonds is 2. The Bertz CT molecular complexity index is 796. The van der Waals surface area contributed by atoms with Crippen molar-refractivity contribution in [1.82, 2.24) is 15.8 Å². The molecule has 10 heteroatoms. The van der Waals surface area contributed by atoms with Gasteiger partial charge in [-0.05, 0) is 30.3 Å². The van der Waals surface area contributed by atoms with Gasteiger partial charge in [0.2, 0.25) is 0 Å². The van der Waals surface area contributed by atoms with Crippen molar-refractivity contribution in [2.24, 2.45) is 0 Å². The Hall–Kier alpha value is -2.81. The molecule has 0 aliphatic heterocycles. The molecule has 2 aromatic rings. The Labute approximate surface area is 138 Å². The van der Waals surface area contributed by atoms with E-state index in [1.165, 1.54) is 6.07 Å². The fourth-order valence-corrected chi connectivity index (χ4v) is 1.92. The summed E-state index contributed by atoms with van der Waals surface area (Å²) in [5.74, 6) is -2.59. The maximum atomic E-state index is 12.8. The lowest BCUT2D eigenvalue weighted by molar-refractivity contribution is -0.141. The van der Waals surface area contributed by atoms with Crippen LogP contribution in [0.25, 0.3) is 0 Å². The minimum absolute atomic E-state index is 0.149. The third kappa shape index (κ3) is 3.93. The Morgan fingerprint density at radius 3 is 2.33 bits per heavy atom. The molecule has 0 fully saturated rings. The van der Waals surface area contributed by atoms with E-state index in [9.17, 15) is 27.9 Å². The molecular formula is C14H9ClF3N3O3. The predicted octanol–water partition coefficient (Wildman–Crippen LogP) is 2.53. The Morgan fingerprint density at radius 2 is 1.71 bits per heavy atom. The van der Waals surface area contributed by atoms with E-state index in [4.69, 9.17) is 11.6 Å². The molecule has 0 saturated carbocycles. The molecule has 0 aliphatic rings. The molecule has 126 valence electrons. The van der Waals surface area contributed by atoms with Gasteiger partial charge in [0, 0.05) is 11.2 Å². The summed E-state index contributed by atoms with van der Waals surface area (Å²) in [6.45, 7) is 0. The summed E-state index contributed by atoms with van der Waals surface area (Å²) in [7, 11) is 0. The number of pyridine rings is 1. The van der Waals surface area contributed by atoms with Crippen LogP contribution in [0.3, 0.4) is 0 Å². The summed E-state index contributed by atoms with van der Waals surface area (Å²) >= 11 is 5.68. The monoisotopic (exact) mass is 359 g/mol. The fraction of sp³-hybridized carbons (Fsp3) is 0.0714. The highest BCUT2D eigenvalue weighted by Gasteiger charge is 2.37. The van der Waals surface area contributed by atoms with E-state index in [1.54, 1.807) is 0 Å². The topological polar surface area (TPSA) is 91.3 Å². The van der Waals surface area contributed by atoms with E-state index in [2.05, 4.69) is 4.98 Å². The highest BCUT2D eigenvalue weighted by Crippen LogP contribution is 2.29. The van der Waals surface area contributed by atoms with Gasteiger partial charge in [0.25, 0.3) is 11.8 Å². The van der Waals surface area contributed by atoms with Gasteiger partial charge in [-0.25, -0.2) is 0 Å². The lowest BCUT2D eigenvalue weighted by Gasteiger charge is -2.12. The minimum atomic E-state index is -4.83. The summed E-state index contributed by atoms with van der Waals surface area (Å²) in [4.78, 5) is 26.8. The molecule has 0 saturated heterocycles. The number of halogens is 4. The van der Waals surface area contributed by atoms with Gasteiger partial charge in [-0.2, -0.15) is 13.2 Å². The van der Waals surface area contributed by atoms with Crippen LogP contribution in [0.4, 0.5) is 13.2 Å². The molecule has 0 spiro atoms. The van der Waals surface area contributed by atoms with Crippen LogP contribution in [-0.4, -0.2) is 21.9 Å². The van der Waals surface area contributed by atoms with Crippen LogP contribution in [0.15, 0.2) is 36.5 Å². The Morgan fingerprint density at radius 1 is 1.08 bits per heavy atom. The second-order valence-electron chi connectivity index (χ2n) is 4.47. The van der Waals surface area contributed by atoms with Gasteiger partial charge in [-0.15, -0.1) is 0 Å². The quantitative estimate of drug-likeness (QED) is 0.719. The van der Waals surface area contributed by atoms with Crippen molar-refractivity contribution < 1.29 is 27.9 Å². The third-order valence-corrected chi connectivity index (χ3v) is 3.05. The summed E-state index contributed by atoms with van der Waals surface area (Å²) in [5, 5.41) is 9.70. The molecule has 6 nitrogen and oxygen atoms in total. The molecule has 0 atom stereocenters. The number of carbonyl (C=O) groups is 2. The number of carbonyl (C=O) groups excluding carboxylic acids is 2. The number of aromatic hydroxyl groups is 1. The second-order valence-corrected chi connectivity index (χ2v) is 4.90. The first kappa shape index (κ1) is 17.5. The molecule has 3 N–H and O–H groups in total. The van der Waals surface area contributed by atoms with Gasteiger partial charge < -0.3 is 5.11 Å². The first-order valence-electron chi connectivity index (χ1n) is 6.31. The maximum Gasteiger partial charge on any atom is 0.434 e. The third-order valence-electron chi connectivity index (χ3n) is 2.81. The van der Waals surface area contributed by atoms with Crippen LogP contribution >= 0.6 is 11.6 Å². The van der Waals surface area contributed by atoms with E-state index in [1.807, 2.05) is 10.9 Å². The molecule has 0 bridgehead atoms. The molecule has 24 heavy (non-hydrogen) atoms. The Balaban J connectivity index is 2.14. The maximum absolute atomic E-state index is 12.8. The van der Waals surface area contributed by atoms with E-state index < -0.39 is 35.0 Å². The van der Waals surface area contributed by atoms with E-state index in [0.717, 1.165) is 30.5 Å². The number of phenols is 1. The van der Waals surface area contributed by atoms with Crippen molar-refractivity contribution in [2.45, 2.75) is 6.18 Å². The normalized spacial score (nSPS) is 11.0. The largest absolute Gasteiger partial charge is 0.507 e. The molecule has 2 amide bonds. The fourth-order valence-electron chi connectivity index (χ4n) is 1.75. The van der Waals surface area contributed by atoms with E-state index >= 15 is 0 Å². The number of amides is 2. The van der Waals surface area contributed by atoms with E-state index in [-0.39, 0.29) is 10.6 Å². The first-order valence-corrected chi connectivity index (χ1v) is 6.69. The number of phenolic OH excluding ortho intramolecular Hbond substituents is 1. The number of hydrogen-bond acceptors (Lipinski definition) is 4. The molecule has 0 unspecified atom stereocenters. The molecule has 0 aliphatic carbocycles. The summed E-state index contributed by atoms with van der Waals surface area (Å²) in [6, 6.07) is 5.67. The number of alkyl halides is 3. The number of nitrogens with zero attached hydrogens (tertiary/aromatic N) is 1. The van der Waals surface area contributed by atoms with E-state index in [0.29, 0.717) is 0 Å². The minimum Gasteiger partial charge on any atom is -0.507 e. The standard InChI is InChI=1S/C14H9ClF3N3O3/c15-7-3-4-10(22)9(6-7)13(24)21-20-12(23)8-2-1-5-19-11(8)14(16,17)18/h1-6,22H,(H,20,23)(H,21,24). The highest BCUT2D eigenvalue weighted by molar-refractivity contribution is 6.31. The molecule has 2 rings (SSSR count).